The zero-order valence-corrected chi connectivity index (χ0v) is 7.21. The van der Waals surface area contributed by atoms with E-state index in [2.05, 4.69) is 24.4 Å². The van der Waals surface area contributed by atoms with Gasteiger partial charge in [-0.05, 0) is 13.3 Å². The Morgan fingerprint density at radius 2 is 2.42 bits per heavy atom. The Kier molecular flexibility index (Phi) is 1.75. The summed E-state index contributed by atoms with van der Waals surface area (Å²) in [6.07, 6.45) is 7.37. The van der Waals surface area contributed by atoms with Crippen LogP contribution in [0.1, 0.15) is 13.3 Å². The van der Waals surface area contributed by atoms with E-state index in [0.717, 1.165) is 13.0 Å². The third-order valence-electron chi connectivity index (χ3n) is 2.56. The quantitative estimate of drug-likeness (QED) is 0.535. The molecule has 0 aromatic carbocycles. The van der Waals surface area contributed by atoms with E-state index in [1.807, 2.05) is 6.08 Å². The van der Waals surface area contributed by atoms with Crippen LogP contribution >= 0.6 is 0 Å². The second kappa shape index (κ2) is 2.77. The summed E-state index contributed by atoms with van der Waals surface area (Å²) < 4.78 is 0. The number of carbonyl (C=O) groups is 1. The molecule has 1 aliphatic carbocycles. The smallest absolute Gasteiger partial charge is 0.227 e. The molecule has 2 unspecified atom stereocenters. The highest BCUT2D eigenvalue weighted by atomic mass is 16.2. The summed E-state index contributed by atoms with van der Waals surface area (Å²) in [6.45, 7) is 2.93. The third kappa shape index (κ3) is 1.17. The van der Waals surface area contributed by atoms with E-state index >= 15 is 0 Å². The summed E-state index contributed by atoms with van der Waals surface area (Å²) in [7, 11) is 0. The molecule has 2 aliphatic rings. The van der Waals surface area contributed by atoms with Crippen LogP contribution in [0.3, 0.4) is 0 Å². The van der Waals surface area contributed by atoms with Crippen molar-refractivity contribution in [3.8, 4) is 0 Å². The Balaban J connectivity index is 2.28. The molecule has 1 saturated heterocycles. The number of carbonyl (C=O) groups excluding carboxylic acids is 1. The van der Waals surface area contributed by atoms with Crippen LogP contribution in [0.4, 0.5) is 0 Å². The number of amides is 1. The highest BCUT2D eigenvalue weighted by molar-refractivity contribution is 5.83. The van der Waals surface area contributed by atoms with Gasteiger partial charge in [-0.25, -0.2) is 0 Å². The molecule has 1 heterocycles. The number of allylic oxidation sites excluding steroid dienone is 2. The van der Waals surface area contributed by atoms with Gasteiger partial charge in [0.1, 0.15) is 0 Å². The Bertz CT molecular complexity index is 265. The number of rotatable bonds is 0. The molecule has 12 heavy (non-hydrogen) atoms. The van der Waals surface area contributed by atoms with Crippen molar-refractivity contribution >= 4 is 5.91 Å². The predicted octanol–water partition coefficient (Wildman–Crippen LogP) is 1.25. The topological polar surface area (TPSA) is 29.1 Å². The van der Waals surface area contributed by atoms with Crippen LogP contribution in [0, 0.1) is 11.8 Å². The molecule has 2 rings (SSSR count). The molecule has 0 bridgehead atoms. The lowest BCUT2D eigenvalue weighted by Gasteiger charge is -2.05. The first-order chi connectivity index (χ1) is 5.77. The van der Waals surface area contributed by atoms with Crippen LogP contribution in [0.25, 0.3) is 0 Å². The molecular formula is C10H13NO. The molecule has 0 spiro atoms. The number of fused-ring (bicyclic) bond motifs is 1. The number of nitrogens with one attached hydrogen (secondary N) is 1. The Morgan fingerprint density at radius 3 is 3.25 bits per heavy atom. The number of hydrogen-bond donors (Lipinski definition) is 1. The second-order valence-corrected chi connectivity index (χ2v) is 3.58. The molecule has 64 valence electrons. The van der Waals surface area contributed by atoms with Gasteiger partial charge in [0.15, 0.2) is 0 Å². The maximum absolute atomic E-state index is 11.3. The van der Waals surface area contributed by atoms with Crippen molar-refractivity contribution in [1.29, 1.82) is 0 Å². The normalized spacial score (nSPS) is 33.8. The molecule has 2 heteroatoms. The van der Waals surface area contributed by atoms with E-state index in [0.29, 0.717) is 5.92 Å². The van der Waals surface area contributed by atoms with Gasteiger partial charge in [0.2, 0.25) is 5.91 Å². The first-order valence-electron chi connectivity index (χ1n) is 4.39. The van der Waals surface area contributed by atoms with Crippen molar-refractivity contribution in [1.82, 2.24) is 5.32 Å². The minimum absolute atomic E-state index is 0.0995. The summed E-state index contributed by atoms with van der Waals surface area (Å²) in [5.41, 5.74) is 1.37. The molecule has 1 N–H and O–H groups in total. The van der Waals surface area contributed by atoms with Gasteiger partial charge in [0, 0.05) is 12.5 Å². The van der Waals surface area contributed by atoms with E-state index in [9.17, 15) is 4.79 Å². The molecule has 1 fully saturated rings. The van der Waals surface area contributed by atoms with Crippen LogP contribution < -0.4 is 5.32 Å². The maximum Gasteiger partial charge on any atom is 0.227 e. The summed E-state index contributed by atoms with van der Waals surface area (Å²) in [6, 6.07) is 0. The van der Waals surface area contributed by atoms with E-state index in [1.54, 1.807) is 0 Å². The zero-order valence-electron chi connectivity index (χ0n) is 7.21. The van der Waals surface area contributed by atoms with Crippen LogP contribution in [0.15, 0.2) is 23.8 Å². The van der Waals surface area contributed by atoms with Crippen molar-refractivity contribution in [3.05, 3.63) is 23.8 Å². The van der Waals surface area contributed by atoms with Gasteiger partial charge in [0.05, 0.1) is 5.92 Å². The minimum Gasteiger partial charge on any atom is -0.355 e. The first kappa shape index (κ1) is 7.59. The van der Waals surface area contributed by atoms with Crippen LogP contribution in [0.5, 0.6) is 0 Å². The van der Waals surface area contributed by atoms with Crippen molar-refractivity contribution in [2.45, 2.75) is 13.3 Å². The molecule has 0 radical (unpaired) electrons. The predicted molar refractivity (Wildman–Crippen MR) is 47.5 cm³/mol. The zero-order chi connectivity index (χ0) is 8.55. The molecule has 0 saturated carbocycles. The van der Waals surface area contributed by atoms with Gasteiger partial charge in [-0.3, -0.25) is 4.79 Å². The van der Waals surface area contributed by atoms with Crippen LogP contribution in [-0.4, -0.2) is 12.5 Å². The minimum atomic E-state index is 0.0995. The molecule has 0 aromatic heterocycles. The molecule has 0 aromatic rings. The van der Waals surface area contributed by atoms with Gasteiger partial charge in [-0.15, -0.1) is 0 Å². The lowest BCUT2D eigenvalue weighted by molar-refractivity contribution is -0.121. The fourth-order valence-corrected chi connectivity index (χ4v) is 1.88. The monoisotopic (exact) mass is 163 g/mol. The summed E-state index contributed by atoms with van der Waals surface area (Å²) in [4.78, 5) is 11.3. The first-order valence-corrected chi connectivity index (χ1v) is 4.39. The Hall–Kier alpha value is -1.05. The summed E-state index contributed by atoms with van der Waals surface area (Å²) >= 11 is 0. The highest BCUT2D eigenvalue weighted by Crippen LogP contribution is 2.25. The average molecular weight is 163 g/mol. The highest BCUT2D eigenvalue weighted by Gasteiger charge is 2.31. The van der Waals surface area contributed by atoms with Gasteiger partial charge in [-0.1, -0.05) is 23.8 Å². The van der Waals surface area contributed by atoms with Crippen molar-refractivity contribution in [2.24, 2.45) is 11.8 Å². The lowest BCUT2D eigenvalue weighted by Crippen LogP contribution is -2.17. The van der Waals surface area contributed by atoms with Crippen LogP contribution in [-0.2, 0) is 4.79 Å². The van der Waals surface area contributed by atoms with Gasteiger partial charge in [-0.2, -0.15) is 0 Å². The summed E-state index contributed by atoms with van der Waals surface area (Å²) in [5, 5.41) is 2.88. The van der Waals surface area contributed by atoms with E-state index in [-0.39, 0.29) is 11.8 Å². The molecule has 1 aliphatic heterocycles. The molecular weight excluding hydrogens is 150 g/mol. The number of hydrogen-bond acceptors (Lipinski definition) is 1. The second-order valence-electron chi connectivity index (χ2n) is 3.58. The van der Waals surface area contributed by atoms with E-state index in [1.165, 1.54) is 5.57 Å². The average Bonchev–Trinajstić information content (AvgIpc) is 2.31. The Labute approximate surface area is 72.3 Å². The van der Waals surface area contributed by atoms with Gasteiger partial charge in [0.25, 0.3) is 0 Å². The lowest BCUT2D eigenvalue weighted by atomic mass is 9.95. The maximum atomic E-state index is 11.3. The fraction of sp³-hybridized carbons (Fsp3) is 0.500. The van der Waals surface area contributed by atoms with E-state index < -0.39 is 0 Å². The van der Waals surface area contributed by atoms with Crippen molar-refractivity contribution < 1.29 is 4.79 Å². The SMILES string of the molecule is CC1=CC2CNC(=O)C2C=CC1. The van der Waals surface area contributed by atoms with Crippen LogP contribution in [0.2, 0.25) is 0 Å². The fourth-order valence-electron chi connectivity index (χ4n) is 1.88. The summed E-state index contributed by atoms with van der Waals surface area (Å²) in [5.74, 6) is 0.681. The standard InChI is InChI=1S/C10H13NO/c1-7-3-2-4-9-8(5-7)6-11-10(9)12/h2,4-5,8-9H,3,6H2,1H3,(H,11,12). The molecule has 2 atom stereocenters. The third-order valence-corrected chi connectivity index (χ3v) is 2.56. The van der Waals surface area contributed by atoms with Gasteiger partial charge < -0.3 is 5.32 Å². The van der Waals surface area contributed by atoms with Gasteiger partial charge >= 0.3 is 0 Å². The Morgan fingerprint density at radius 1 is 1.58 bits per heavy atom. The largest absolute Gasteiger partial charge is 0.355 e. The van der Waals surface area contributed by atoms with Crippen molar-refractivity contribution in [2.75, 3.05) is 6.54 Å². The molecule has 2 nitrogen and oxygen atoms in total. The van der Waals surface area contributed by atoms with Crippen molar-refractivity contribution in [3.63, 3.8) is 0 Å². The van der Waals surface area contributed by atoms with E-state index in [4.69, 9.17) is 0 Å². The molecule has 1 amide bonds.